The van der Waals surface area contributed by atoms with E-state index in [0.29, 0.717) is 11.3 Å². The molecule has 1 aromatic rings. The molecule has 1 aromatic carbocycles. The Morgan fingerprint density at radius 3 is 2.57 bits per heavy atom. The summed E-state index contributed by atoms with van der Waals surface area (Å²) in [5.41, 5.74) is 7.83. The van der Waals surface area contributed by atoms with Crippen LogP contribution in [0.5, 0.6) is 0 Å². The number of amides is 1. The minimum absolute atomic E-state index is 0.0179. The Morgan fingerprint density at radius 1 is 1.38 bits per heavy atom. The van der Waals surface area contributed by atoms with Gasteiger partial charge in [-0.2, -0.15) is 0 Å². The van der Waals surface area contributed by atoms with Crippen molar-refractivity contribution in [3.05, 3.63) is 23.8 Å². The van der Waals surface area contributed by atoms with Gasteiger partial charge in [0.15, 0.2) is 9.84 Å². The highest BCUT2D eigenvalue weighted by molar-refractivity contribution is 7.91. The van der Waals surface area contributed by atoms with Gasteiger partial charge in [0, 0.05) is 32.2 Å². The number of hydrogen-bond acceptors (Lipinski definition) is 5. The topological polar surface area (TPSA) is 83.7 Å². The van der Waals surface area contributed by atoms with Crippen LogP contribution >= 0.6 is 0 Å². The van der Waals surface area contributed by atoms with Crippen molar-refractivity contribution >= 4 is 27.1 Å². The van der Waals surface area contributed by atoms with E-state index in [4.69, 9.17) is 5.73 Å². The largest absolute Gasteiger partial charge is 0.397 e. The van der Waals surface area contributed by atoms with Crippen molar-refractivity contribution in [3.8, 4) is 0 Å². The Bertz CT molecular complexity index is 655. The van der Waals surface area contributed by atoms with Gasteiger partial charge in [-0.25, -0.2) is 8.42 Å². The highest BCUT2D eigenvalue weighted by Gasteiger charge is 2.31. The van der Waals surface area contributed by atoms with Crippen molar-refractivity contribution in [2.24, 2.45) is 0 Å². The lowest BCUT2D eigenvalue weighted by atomic mass is 10.1. The third kappa shape index (κ3) is 3.29. The minimum Gasteiger partial charge on any atom is -0.397 e. The van der Waals surface area contributed by atoms with Crippen molar-refractivity contribution in [3.63, 3.8) is 0 Å². The molecule has 1 amide bonds. The summed E-state index contributed by atoms with van der Waals surface area (Å²) in [5.74, 6) is -0.132. The predicted molar refractivity (Wildman–Crippen MR) is 84.3 cm³/mol. The molecule has 0 spiro atoms. The lowest BCUT2D eigenvalue weighted by Crippen LogP contribution is -2.49. The van der Waals surface area contributed by atoms with Crippen LogP contribution in [0, 0.1) is 0 Å². The fraction of sp³-hybridized carbons (Fsp3) is 0.500. The highest BCUT2D eigenvalue weighted by atomic mass is 32.2. The van der Waals surface area contributed by atoms with Crippen molar-refractivity contribution in [1.29, 1.82) is 0 Å². The fourth-order valence-electron chi connectivity index (χ4n) is 2.56. The Hall–Kier alpha value is -1.76. The summed E-state index contributed by atoms with van der Waals surface area (Å²) in [4.78, 5) is 16.0. The standard InChI is InChI=1S/C14H21N3O3S/c1-10-9-21(19,20)7-6-17(10)14(18)11-4-5-13(16(2)3)12(15)8-11/h4-5,8,10H,6-7,9,15H2,1-3H3. The molecule has 116 valence electrons. The molecule has 1 atom stereocenters. The fourth-order valence-corrected chi connectivity index (χ4v) is 4.12. The Balaban J connectivity index is 2.23. The summed E-state index contributed by atoms with van der Waals surface area (Å²) in [7, 11) is 0.728. The van der Waals surface area contributed by atoms with Gasteiger partial charge in [-0.1, -0.05) is 0 Å². The molecule has 0 aliphatic carbocycles. The third-order valence-electron chi connectivity index (χ3n) is 3.69. The van der Waals surface area contributed by atoms with Gasteiger partial charge in [0.25, 0.3) is 5.91 Å². The van der Waals surface area contributed by atoms with Gasteiger partial charge < -0.3 is 15.5 Å². The molecule has 1 saturated heterocycles. The Labute approximate surface area is 125 Å². The van der Waals surface area contributed by atoms with E-state index in [9.17, 15) is 13.2 Å². The monoisotopic (exact) mass is 311 g/mol. The molecule has 1 fully saturated rings. The number of sulfone groups is 1. The molecule has 1 aliphatic rings. The molecule has 21 heavy (non-hydrogen) atoms. The normalized spacial score (nSPS) is 21.1. The van der Waals surface area contributed by atoms with Crippen LogP contribution in [-0.4, -0.2) is 57.4 Å². The van der Waals surface area contributed by atoms with Crippen LogP contribution in [0.25, 0.3) is 0 Å². The number of carbonyl (C=O) groups is 1. The Kier molecular flexibility index (Phi) is 4.13. The summed E-state index contributed by atoms with van der Waals surface area (Å²) in [6.45, 7) is 1.99. The first-order valence-electron chi connectivity index (χ1n) is 6.79. The van der Waals surface area contributed by atoms with Crippen LogP contribution in [0.2, 0.25) is 0 Å². The van der Waals surface area contributed by atoms with E-state index in [1.54, 1.807) is 30.0 Å². The smallest absolute Gasteiger partial charge is 0.254 e. The molecule has 1 heterocycles. The second-order valence-corrected chi connectivity index (χ2v) is 7.86. The van der Waals surface area contributed by atoms with Gasteiger partial charge in [0.05, 0.1) is 22.9 Å². The number of nitrogens with zero attached hydrogens (tertiary/aromatic N) is 2. The lowest BCUT2D eigenvalue weighted by Gasteiger charge is -2.33. The summed E-state index contributed by atoms with van der Waals surface area (Å²) in [6, 6.07) is 4.86. The maximum Gasteiger partial charge on any atom is 0.254 e. The van der Waals surface area contributed by atoms with Crippen molar-refractivity contribution in [1.82, 2.24) is 4.90 Å². The molecular weight excluding hydrogens is 290 g/mol. The van der Waals surface area contributed by atoms with Crippen molar-refractivity contribution in [2.75, 3.05) is 42.8 Å². The second-order valence-electron chi connectivity index (χ2n) is 5.63. The van der Waals surface area contributed by atoms with E-state index in [0.717, 1.165) is 5.69 Å². The average molecular weight is 311 g/mol. The SMILES string of the molecule is CC1CS(=O)(=O)CCN1C(=O)c1ccc(N(C)C)c(N)c1. The first-order valence-corrected chi connectivity index (χ1v) is 8.61. The minimum atomic E-state index is -3.03. The molecule has 6 nitrogen and oxygen atoms in total. The Morgan fingerprint density at radius 2 is 2.05 bits per heavy atom. The van der Waals surface area contributed by atoms with E-state index >= 15 is 0 Å². The first kappa shape index (κ1) is 15.6. The number of nitrogens with two attached hydrogens (primary N) is 1. The number of rotatable bonds is 2. The lowest BCUT2D eigenvalue weighted by molar-refractivity contribution is 0.0712. The second kappa shape index (κ2) is 5.55. The van der Waals surface area contributed by atoms with Gasteiger partial charge in [0.1, 0.15) is 0 Å². The summed E-state index contributed by atoms with van der Waals surface area (Å²) in [6.07, 6.45) is 0. The van der Waals surface area contributed by atoms with Crippen LogP contribution in [-0.2, 0) is 9.84 Å². The number of nitrogen functional groups attached to an aromatic ring is 1. The summed E-state index contributed by atoms with van der Waals surface area (Å²) in [5, 5.41) is 0. The quantitative estimate of drug-likeness (QED) is 0.808. The van der Waals surface area contributed by atoms with Crippen LogP contribution in [0.4, 0.5) is 11.4 Å². The van der Waals surface area contributed by atoms with Gasteiger partial charge in [-0.05, 0) is 25.1 Å². The van der Waals surface area contributed by atoms with E-state index in [-0.39, 0.29) is 30.0 Å². The summed E-state index contributed by atoms with van der Waals surface area (Å²) >= 11 is 0. The molecule has 1 unspecified atom stereocenters. The van der Waals surface area contributed by atoms with Crippen LogP contribution in [0.3, 0.4) is 0 Å². The van der Waals surface area contributed by atoms with Crippen LogP contribution in [0.1, 0.15) is 17.3 Å². The van der Waals surface area contributed by atoms with Gasteiger partial charge in [-0.15, -0.1) is 0 Å². The van der Waals surface area contributed by atoms with Crippen LogP contribution in [0.15, 0.2) is 18.2 Å². The molecule has 1 aliphatic heterocycles. The molecular formula is C14H21N3O3S. The third-order valence-corrected chi connectivity index (χ3v) is 5.48. The maximum absolute atomic E-state index is 12.5. The summed E-state index contributed by atoms with van der Waals surface area (Å²) < 4.78 is 23.2. The molecule has 2 rings (SSSR count). The predicted octanol–water partition coefficient (Wildman–Crippen LogP) is 0.594. The van der Waals surface area contributed by atoms with Gasteiger partial charge in [0.2, 0.25) is 0 Å². The van der Waals surface area contributed by atoms with E-state index in [2.05, 4.69) is 0 Å². The number of carbonyl (C=O) groups excluding carboxylic acids is 1. The van der Waals surface area contributed by atoms with E-state index in [1.165, 1.54) is 0 Å². The number of benzene rings is 1. The average Bonchev–Trinajstić information content (AvgIpc) is 2.36. The molecule has 7 heteroatoms. The highest BCUT2D eigenvalue weighted by Crippen LogP contribution is 2.24. The molecule has 0 radical (unpaired) electrons. The molecule has 2 N–H and O–H groups in total. The molecule has 0 aromatic heterocycles. The molecule has 0 saturated carbocycles. The zero-order valence-corrected chi connectivity index (χ0v) is 13.4. The van der Waals surface area contributed by atoms with Gasteiger partial charge in [-0.3, -0.25) is 4.79 Å². The first-order chi connectivity index (χ1) is 9.71. The van der Waals surface area contributed by atoms with Gasteiger partial charge >= 0.3 is 0 Å². The van der Waals surface area contributed by atoms with Crippen molar-refractivity contribution < 1.29 is 13.2 Å². The molecule has 0 bridgehead atoms. The maximum atomic E-state index is 12.5. The number of anilines is 2. The zero-order chi connectivity index (χ0) is 15.8. The van der Waals surface area contributed by atoms with E-state index in [1.807, 2.05) is 19.0 Å². The number of hydrogen-bond donors (Lipinski definition) is 1. The van der Waals surface area contributed by atoms with Crippen LogP contribution < -0.4 is 10.6 Å². The van der Waals surface area contributed by atoms with Crippen molar-refractivity contribution in [2.45, 2.75) is 13.0 Å². The van der Waals surface area contributed by atoms with E-state index < -0.39 is 9.84 Å². The zero-order valence-electron chi connectivity index (χ0n) is 12.5.